The van der Waals surface area contributed by atoms with E-state index in [2.05, 4.69) is 62.5 Å². The molecule has 6 N–H and O–H groups in total. The van der Waals surface area contributed by atoms with Gasteiger partial charge in [-0.1, -0.05) is 114 Å². The quantitative estimate of drug-likeness (QED) is 0.0179. The van der Waals surface area contributed by atoms with Crippen LogP contribution in [0.4, 0.5) is 0 Å². The fourth-order valence-electron chi connectivity index (χ4n) is 5.81. The highest BCUT2D eigenvalue weighted by Gasteiger charge is 2.51. The Labute approximate surface area is 329 Å². The van der Waals surface area contributed by atoms with Gasteiger partial charge in [-0.15, -0.1) is 0 Å². The zero-order valence-electron chi connectivity index (χ0n) is 33.2. The standard InChI is InChI=1S/C41H71O13P/c1-3-5-7-9-11-13-15-16-17-18-20-22-24-26-28-30-35(43)53-33(31-51-34(42)29-27-25-23-21-19-14-12-10-8-6-4-2)32-52-55(49,50)54-41-39(47)37(45)36(44)38(46)40(41)48/h5,7,10-13,16-17,33,36-41,44-48H,3-4,6,8-9,14-15,18-32H2,1-2H3,(H,49,50)/b7-5+,12-10+,13-11+,17-16+/t33-,36?,37-,38?,39?,40?,41?/m1/s1. The molecule has 1 aliphatic carbocycles. The van der Waals surface area contributed by atoms with E-state index in [1.165, 1.54) is 12.8 Å². The van der Waals surface area contributed by atoms with Crippen molar-refractivity contribution in [2.45, 2.75) is 185 Å². The summed E-state index contributed by atoms with van der Waals surface area (Å²) in [5, 5.41) is 50.0. The highest BCUT2D eigenvalue weighted by molar-refractivity contribution is 7.47. The van der Waals surface area contributed by atoms with E-state index >= 15 is 0 Å². The summed E-state index contributed by atoms with van der Waals surface area (Å²) in [5.74, 6) is -1.14. The number of esters is 2. The molecule has 0 radical (unpaired) electrons. The maximum Gasteiger partial charge on any atom is 0.472 e. The summed E-state index contributed by atoms with van der Waals surface area (Å²) in [6.45, 7) is 3.09. The first kappa shape index (κ1) is 50.8. The molecule has 0 aromatic carbocycles. The fourth-order valence-corrected chi connectivity index (χ4v) is 6.78. The van der Waals surface area contributed by atoms with Crippen LogP contribution in [-0.4, -0.2) is 98.3 Å². The third kappa shape index (κ3) is 24.9. The number of carbonyl (C=O) groups is 2. The van der Waals surface area contributed by atoms with E-state index in [9.17, 15) is 44.6 Å². The summed E-state index contributed by atoms with van der Waals surface area (Å²) < 4.78 is 33.3. The molecule has 1 fully saturated rings. The van der Waals surface area contributed by atoms with Crippen LogP contribution in [0.5, 0.6) is 0 Å². The maximum atomic E-state index is 12.8. The number of hydrogen-bond acceptors (Lipinski definition) is 12. The molecule has 6 unspecified atom stereocenters. The van der Waals surface area contributed by atoms with E-state index in [1.807, 2.05) is 0 Å². The first-order valence-electron chi connectivity index (χ1n) is 20.4. The van der Waals surface area contributed by atoms with Crippen LogP contribution in [0.3, 0.4) is 0 Å². The van der Waals surface area contributed by atoms with Crippen molar-refractivity contribution < 1.29 is 63.1 Å². The Balaban J connectivity index is 2.54. The predicted octanol–water partition coefficient (Wildman–Crippen LogP) is 6.83. The summed E-state index contributed by atoms with van der Waals surface area (Å²) in [6, 6.07) is 0. The molecular weight excluding hydrogens is 731 g/mol. The minimum atomic E-state index is -5.12. The summed E-state index contributed by atoms with van der Waals surface area (Å²) in [6.07, 6.45) is 21.8. The Bertz CT molecular complexity index is 1160. The van der Waals surface area contributed by atoms with E-state index in [0.29, 0.717) is 12.8 Å². The lowest BCUT2D eigenvalue weighted by atomic mass is 9.85. The molecular formula is C41H71O13P. The van der Waals surface area contributed by atoms with Crippen LogP contribution < -0.4 is 0 Å². The van der Waals surface area contributed by atoms with Crippen molar-refractivity contribution in [2.75, 3.05) is 13.2 Å². The number of ether oxygens (including phenoxy) is 2. The van der Waals surface area contributed by atoms with Gasteiger partial charge in [0.25, 0.3) is 0 Å². The second-order valence-electron chi connectivity index (χ2n) is 14.1. The van der Waals surface area contributed by atoms with Gasteiger partial charge in [0, 0.05) is 12.8 Å². The maximum absolute atomic E-state index is 12.8. The van der Waals surface area contributed by atoms with Crippen molar-refractivity contribution in [1.82, 2.24) is 0 Å². The number of phosphoric acid groups is 1. The van der Waals surface area contributed by atoms with Crippen molar-refractivity contribution >= 4 is 19.8 Å². The number of aliphatic hydroxyl groups excluding tert-OH is 5. The number of rotatable bonds is 32. The summed E-state index contributed by atoms with van der Waals surface area (Å²) in [7, 11) is -5.12. The number of phosphoric ester groups is 1. The van der Waals surface area contributed by atoms with Crippen molar-refractivity contribution in [2.24, 2.45) is 0 Å². The number of aliphatic hydroxyl groups is 5. The molecule has 1 saturated carbocycles. The van der Waals surface area contributed by atoms with Crippen LogP contribution in [0.1, 0.15) is 142 Å². The smallest absolute Gasteiger partial charge is 0.462 e. The van der Waals surface area contributed by atoms with Gasteiger partial charge in [0.2, 0.25) is 0 Å². The molecule has 8 atom stereocenters. The highest BCUT2D eigenvalue weighted by atomic mass is 31.2. The molecule has 13 nitrogen and oxygen atoms in total. The Hall–Kier alpha value is -2.19. The molecule has 0 saturated heterocycles. The van der Waals surface area contributed by atoms with Gasteiger partial charge in [0.15, 0.2) is 6.10 Å². The molecule has 0 bridgehead atoms. The summed E-state index contributed by atoms with van der Waals surface area (Å²) in [4.78, 5) is 35.5. The average molecular weight is 803 g/mol. The number of hydrogen-bond donors (Lipinski definition) is 6. The van der Waals surface area contributed by atoms with Crippen LogP contribution in [-0.2, 0) is 32.7 Å². The van der Waals surface area contributed by atoms with Gasteiger partial charge in [-0.25, -0.2) is 4.57 Å². The Morgan fingerprint density at radius 1 is 0.582 bits per heavy atom. The van der Waals surface area contributed by atoms with Crippen molar-refractivity contribution in [3.05, 3.63) is 48.6 Å². The minimum absolute atomic E-state index is 0.0739. The lowest BCUT2D eigenvalue weighted by Gasteiger charge is -2.41. The van der Waals surface area contributed by atoms with Gasteiger partial charge in [0.05, 0.1) is 6.61 Å². The molecule has 1 aliphatic rings. The first-order valence-corrected chi connectivity index (χ1v) is 21.9. The van der Waals surface area contributed by atoms with Crippen molar-refractivity contribution in [3.8, 4) is 0 Å². The molecule has 1 rings (SSSR count). The molecule has 318 valence electrons. The normalized spacial score (nSPS) is 23.6. The van der Waals surface area contributed by atoms with E-state index in [1.54, 1.807) is 0 Å². The van der Waals surface area contributed by atoms with Crippen LogP contribution in [0.25, 0.3) is 0 Å². The van der Waals surface area contributed by atoms with Gasteiger partial charge in [0.1, 0.15) is 43.2 Å². The predicted molar refractivity (Wildman–Crippen MR) is 212 cm³/mol. The minimum Gasteiger partial charge on any atom is -0.462 e. The van der Waals surface area contributed by atoms with Crippen molar-refractivity contribution in [3.63, 3.8) is 0 Å². The second-order valence-corrected chi connectivity index (χ2v) is 15.5. The molecule has 0 heterocycles. The zero-order chi connectivity index (χ0) is 40.7. The molecule has 0 aromatic heterocycles. The summed E-state index contributed by atoms with van der Waals surface area (Å²) in [5.41, 5.74) is 0. The summed E-state index contributed by atoms with van der Waals surface area (Å²) >= 11 is 0. The van der Waals surface area contributed by atoms with Crippen LogP contribution >= 0.6 is 7.82 Å². The van der Waals surface area contributed by atoms with Gasteiger partial charge >= 0.3 is 19.8 Å². The Morgan fingerprint density at radius 2 is 1.04 bits per heavy atom. The number of carbonyl (C=O) groups excluding carboxylic acids is 2. The fraction of sp³-hybridized carbons (Fsp3) is 0.756. The largest absolute Gasteiger partial charge is 0.472 e. The molecule has 0 aliphatic heterocycles. The van der Waals surface area contributed by atoms with E-state index in [0.717, 1.165) is 89.9 Å². The Kier molecular flexibility index (Phi) is 29.4. The lowest BCUT2D eigenvalue weighted by molar-refractivity contribution is -0.220. The topological polar surface area (TPSA) is 210 Å². The third-order valence-corrected chi connectivity index (χ3v) is 10.1. The third-order valence-electron chi connectivity index (χ3n) is 9.15. The molecule has 0 amide bonds. The number of allylic oxidation sites excluding steroid dienone is 8. The molecule has 55 heavy (non-hydrogen) atoms. The van der Waals surface area contributed by atoms with Gasteiger partial charge in [-0.3, -0.25) is 18.6 Å². The number of unbranched alkanes of at least 4 members (excludes halogenated alkanes) is 12. The lowest BCUT2D eigenvalue weighted by Crippen LogP contribution is -2.64. The van der Waals surface area contributed by atoms with Gasteiger partial charge in [-0.05, 0) is 64.2 Å². The van der Waals surface area contributed by atoms with Crippen molar-refractivity contribution in [1.29, 1.82) is 0 Å². The van der Waals surface area contributed by atoms with Crippen LogP contribution in [0.15, 0.2) is 48.6 Å². The van der Waals surface area contributed by atoms with E-state index < -0.39 is 75.7 Å². The van der Waals surface area contributed by atoms with Crippen LogP contribution in [0.2, 0.25) is 0 Å². The SMILES string of the molecule is CC/C=C/C/C=C/C/C=C/CCCCCCCC(=O)O[C@H](COC(=O)CCCCCCC/C=C/CCCC)COP(=O)(O)OC1C(O)C(O)C(O)[C@@H](O)C1O. The van der Waals surface area contributed by atoms with Gasteiger partial charge < -0.3 is 39.9 Å². The molecule has 0 spiro atoms. The molecule has 0 aromatic rings. The first-order chi connectivity index (χ1) is 26.4. The van der Waals surface area contributed by atoms with Gasteiger partial charge in [-0.2, -0.15) is 0 Å². The zero-order valence-corrected chi connectivity index (χ0v) is 34.1. The van der Waals surface area contributed by atoms with Crippen LogP contribution in [0, 0.1) is 0 Å². The van der Waals surface area contributed by atoms with E-state index in [-0.39, 0.29) is 12.8 Å². The monoisotopic (exact) mass is 802 g/mol. The highest BCUT2D eigenvalue weighted by Crippen LogP contribution is 2.47. The van der Waals surface area contributed by atoms with E-state index in [4.69, 9.17) is 18.5 Å². The average Bonchev–Trinajstić information content (AvgIpc) is 3.16. The molecule has 14 heteroatoms. The second kappa shape index (κ2) is 31.8. The Morgan fingerprint density at radius 3 is 1.60 bits per heavy atom.